The third kappa shape index (κ3) is 5.19. The predicted octanol–water partition coefficient (Wildman–Crippen LogP) is 2.25. The molecule has 1 N–H and O–H groups in total. The Morgan fingerprint density at radius 1 is 1.38 bits per heavy atom. The topological polar surface area (TPSA) is 67.9 Å². The number of morpholine rings is 1. The van der Waals surface area contributed by atoms with Crippen molar-refractivity contribution in [2.75, 3.05) is 26.2 Å². The Labute approximate surface area is 140 Å². The SMILES string of the molecule is CC(C)(C)OC(=O)NCC(=O)N1CCO[C@H](c2ccccc2F)C1. The van der Waals surface area contributed by atoms with E-state index in [1.165, 1.54) is 6.07 Å². The van der Waals surface area contributed by atoms with Crippen molar-refractivity contribution < 1.29 is 23.5 Å². The number of halogens is 1. The molecule has 1 aromatic rings. The maximum absolute atomic E-state index is 13.9. The summed E-state index contributed by atoms with van der Waals surface area (Å²) in [5.74, 6) is -0.617. The number of carbonyl (C=O) groups excluding carboxylic acids is 2. The average molecular weight is 338 g/mol. The van der Waals surface area contributed by atoms with E-state index in [-0.39, 0.29) is 24.8 Å². The molecule has 1 atom stereocenters. The average Bonchev–Trinajstić information content (AvgIpc) is 2.51. The van der Waals surface area contributed by atoms with Crippen LogP contribution in [0.4, 0.5) is 9.18 Å². The molecular formula is C17H23FN2O4. The number of benzene rings is 1. The number of ether oxygens (including phenoxy) is 2. The summed E-state index contributed by atoms with van der Waals surface area (Å²) in [7, 11) is 0. The van der Waals surface area contributed by atoms with Crippen molar-refractivity contribution >= 4 is 12.0 Å². The van der Waals surface area contributed by atoms with Gasteiger partial charge in [-0.2, -0.15) is 0 Å². The zero-order chi connectivity index (χ0) is 17.7. The minimum Gasteiger partial charge on any atom is -0.444 e. The van der Waals surface area contributed by atoms with Crippen LogP contribution in [0.1, 0.15) is 32.4 Å². The first-order valence-electron chi connectivity index (χ1n) is 7.87. The van der Waals surface area contributed by atoms with E-state index in [4.69, 9.17) is 9.47 Å². The van der Waals surface area contributed by atoms with Gasteiger partial charge in [0, 0.05) is 12.1 Å². The Morgan fingerprint density at radius 2 is 2.08 bits per heavy atom. The third-order valence-electron chi connectivity index (χ3n) is 3.45. The molecule has 0 aliphatic carbocycles. The van der Waals surface area contributed by atoms with Crippen molar-refractivity contribution in [3.05, 3.63) is 35.6 Å². The molecule has 1 fully saturated rings. The summed E-state index contributed by atoms with van der Waals surface area (Å²) in [6.07, 6.45) is -1.15. The van der Waals surface area contributed by atoms with Gasteiger partial charge in [-0.15, -0.1) is 0 Å². The van der Waals surface area contributed by atoms with E-state index >= 15 is 0 Å². The number of nitrogens with one attached hydrogen (secondary N) is 1. The van der Waals surface area contributed by atoms with E-state index in [2.05, 4.69) is 5.32 Å². The van der Waals surface area contributed by atoms with Crippen molar-refractivity contribution in [3.8, 4) is 0 Å². The molecule has 2 rings (SSSR count). The van der Waals surface area contributed by atoms with Gasteiger partial charge in [0.2, 0.25) is 5.91 Å². The predicted molar refractivity (Wildman–Crippen MR) is 85.9 cm³/mol. The third-order valence-corrected chi connectivity index (χ3v) is 3.45. The van der Waals surface area contributed by atoms with Gasteiger partial charge in [-0.25, -0.2) is 9.18 Å². The number of hydrogen-bond donors (Lipinski definition) is 1. The van der Waals surface area contributed by atoms with E-state index in [1.54, 1.807) is 43.9 Å². The second-order valence-electron chi connectivity index (χ2n) is 6.58. The van der Waals surface area contributed by atoms with Crippen LogP contribution in [0.2, 0.25) is 0 Å². The van der Waals surface area contributed by atoms with Gasteiger partial charge in [-0.05, 0) is 26.8 Å². The second kappa shape index (κ2) is 7.61. The standard InChI is InChI=1S/C17H23FN2O4/c1-17(2,3)24-16(22)19-10-15(21)20-8-9-23-14(11-20)12-6-4-5-7-13(12)18/h4-7,14H,8-11H2,1-3H3,(H,19,22)/t14-/m0/s1. The first-order valence-corrected chi connectivity index (χ1v) is 7.87. The molecule has 0 aromatic heterocycles. The minimum atomic E-state index is -0.644. The molecule has 1 aliphatic heterocycles. The fraction of sp³-hybridized carbons (Fsp3) is 0.529. The van der Waals surface area contributed by atoms with E-state index < -0.39 is 17.8 Å². The lowest BCUT2D eigenvalue weighted by molar-refractivity contribution is -0.138. The van der Waals surface area contributed by atoms with Gasteiger partial charge < -0.3 is 19.7 Å². The molecule has 1 aromatic carbocycles. The van der Waals surface area contributed by atoms with Gasteiger partial charge in [-0.3, -0.25) is 4.79 Å². The van der Waals surface area contributed by atoms with Crippen LogP contribution in [0.3, 0.4) is 0 Å². The van der Waals surface area contributed by atoms with Crippen LogP contribution in [0.15, 0.2) is 24.3 Å². The summed E-state index contributed by atoms with van der Waals surface area (Å²) >= 11 is 0. The maximum atomic E-state index is 13.9. The fourth-order valence-electron chi connectivity index (χ4n) is 2.37. The van der Waals surface area contributed by atoms with Crippen molar-refractivity contribution in [2.45, 2.75) is 32.5 Å². The minimum absolute atomic E-state index is 0.168. The van der Waals surface area contributed by atoms with E-state index in [9.17, 15) is 14.0 Å². The Hall–Kier alpha value is -2.15. The van der Waals surface area contributed by atoms with Crippen LogP contribution >= 0.6 is 0 Å². The van der Waals surface area contributed by atoms with Crippen LogP contribution in [0, 0.1) is 5.82 Å². The number of hydrogen-bond acceptors (Lipinski definition) is 4. The molecule has 0 bridgehead atoms. The van der Waals surface area contributed by atoms with Crippen molar-refractivity contribution in [1.82, 2.24) is 10.2 Å². The molecule has 6 nitrogen and oxygen atoms in total. The highest BCUT2D eigenvalue weighted by Crippen LogP contribution is 2.24. The van der Waals surface area contributed by atoms with Gasteiger partial charge in [0.05, 0.1) is 13.2 Å². The van der Waals surface area contributed by atoms with Gasteiger partial charge >= 0.3 is 6.09 Å². The smallest absolute Gasteiger partial charge is 0.408 e. The van der Waals surface area contributed by atoms with Crippen LogP contribution in [-0.2, 0) is 14.3 Å². The van der Waals surface area contributed by atoms with Crippen LogP contribution < -0.4 is 5.32 Å². The largest absolute Gasteiger partial charge is 0.444 e. The van der Waals surface area contributed by atoms with Crippen molar-refractivity contribution in [2.24, 2.45) is 0 Å². The monoisotopic (exact) mass is 338 g/mol. The van der Waals surface area contributed by atoms with Gasteiger partial charge in [0.1, 0.15) is 24.1 Å². The van der Waals surface area contributed by atoms with Gasteiger partial charge in [0.25, 0.3) is 0 Å². The summed E-state index contributed by atoms with van der Waals surface area (Å²) in [6, 6.07) is 6.35. The number of alkyl carbamates (subject to hydrolysis) is 1. The lowest BCUT2D eigenvalue weighted by Crippen LogP contribution is -2.47. The highest BCUT2D eigenvalue weighted by Gasteiger charge is 2.27. The molecule has 1 saturated heterocycles. The molecule has 0 unspecified atom stereocenters. The fourth-order valence-corrected chi connectivity index (χ4v) is 2.37. The van der Waals surface area contributed by atoms with E-state index in [1.807, 2.05) is 0 Å². The van der Waals surface area contributed by atoms with Gasteiger partial charge in [-0.1, -0.05) is 18.2 Å². The lowest BCUT2D eigenvalue weighted by atomic mass is 10.1. The Kier molecular flexibility index (Phi) is 5.77. The molecule has 1 aliphatic rings. The first-order chi connectivity index (χ1) is 11.3. The summed E-state index contributed by atoms with van der Waals surface area (Å²) in [6.45, 7) is 6.03. The zero-order valence-corrected chi connectivity index (χ0v) is 14.2. The quantitative estimate of drug-likeness (QED) is 0.918. The highest BCUT2D eigenvalue weighted by molar-refractivity contribution is 5.82. The molecule has 1 heterocycles. The van der Waals surface area contributed by atoms with Crippen molar-refractivity contribution in [1.29, 1.82) is 0 Å². The Morgan fingerprint density at radius 3 is 2.75 bits per heavy atom. The molecule has 24 heavy (non-hydrogen) atoms. The molecule has 132 valence electrons. The van der Waals surface area contributed by atoms with Crippen LogP contribution in [-0.4, -0.2) is 48.7 Å². The molecule has 0 spiro atoms. The van der Waals surface area contributed by atoms with E-state index in [0.717, 1.165) is 0 Å². The zero-order valence-electron chi connectivity index (χ0n) is 14.2. The molecule has 7 heteroatoms. The first kappa shape index (κ1) is 18.2. The number of carbonyl (C=O) groups is 2. The summed E-state index contributed by atoms with van der Waals surface area (Å²) in [5, 5.41) is 2.44. The molecule has 0 radical (unpaired) electrons. The Balaban J connectivity index is 1.89. The number of nitrogens with zero attached hydrogens (tertiary/aromatic N) is 1. The van der Waals surface area contributed by atoms with Crippen LogP contribution in [0.5, 0.6) is 0 Å². The normalized spacial score (nSPS) is 18.2. The summed E-state index contributed by atoms with van der Waals surface area (Å²) < 4.78 is 24.5. The molecule has 2 amide bonds. The molecule has 0 saturated carbocycles. The molecular weight excluding hydrogens is 315 g/mol. The summed E-state index contributed by atoms with van der Waals surface area (Å²) in [5.41, 5.74) is -0.197. The highest BCUT2D eigenvalue weighted by atomic mass is 19.1. The Bertz CT molecular complexity index is 600. The summed E-state index contributed by atoms with van der Waals surface area (Å²) in [4.78, 5) is 25.4. The van der Waals surface area contributed by atoms with Gasteiger partial charge in [0.15, 0.2) is 0 Å². The van der Waals surface area contributed by atoms with E-state index in [0.29, 0.717) is 18.7 Å². The van der Waals surface area contributed by atoms with Crippen LogP contribution in [0.25, 0.3) is 0 Å². The number of amides is 2. The lowest BCUT2D eigenvalue weighted by Gasteiger charge is -2.33. The number of rotatable bonds is 3. The maximum Gasteiger partial charge on any atom is 0.408 e. The second-order valence-corrected chi connectivity index (χ2v) is 6.58. The van der Waals surface area contributed by atoms with Crippen molar-refractivity contribution in [3.63, 3.8) is 0 Å².